The summed E-state index contributed by atoms with van der Waals surface area (Å²) in [5.74, 6) is 0.769. The van der Waals surface area contributed by atoms with Crippen molar-refractivity contribution in [2.24, 2.45) is 4.99 Å². The van der Waals surface area contributed by atoms with E-state index < -0.39 is 0 Å². The minimum absolute atomic E-state index is 0.145. The van der Waals surface area contributed by atoms with E-state index in [4.69, 9.17) is 4.74 Å². The highest BCUT2D eigenvalue weighted by Gasteiger charge is 2.13. The van der Waals surface area contributed by atoms with Gasteiger partial charge in [0.25, 0.3) is 0 Å². The number of rotatable bonds is 3. The minimum Gasteiger partial charge on any atom is -0.475 e. The maximum atomic E-state index is 5.86. The average molecular weight is 233 g/mol. The van der Waals surface area contributed by atoms with Crippen LogP contribution in [0.25, 0.3) is 0 Å². The van der Waals surface area contributed by atoms with Crippen LogP contribution in [0.4, 0.5) is 0 Å². The molecule has 0 heterocycles. The second-order valence-corrected chi connectivity index (χ2v) is 4.96. The highest BCUT2D eigenvalue weighted by Crippen LogP contribution is 2.17. The summed E-state index contributed by atoms with van der Waals surface area (Å²) < 4.78 is 5.86. The third kappa shape index (κ3) is 3.88. The fourth-order valence-corrected chi connectivity index (χ4v) is 1.76. The lowest BCUT2D eigenvalue weighted by Gasteiger charge is -2.17. The van der Waals surface area contributed by atoms with Crippen LogP contribution in [0.3, 0.4) is 0 Å². The van der Waals surface area contributed by atoms with E-state index in [1.165, 1.54) is 11.1 Å². The Kier molecular flexibility index (Phi) is 4.73. The topological polar surface area (TPSA) is 21.6 Å². The van der Waals surface area contributed by atoms with E-state index in [2.05, 4.69) is 50.9 Å². The number of aryl methyl sites for hydroxylation is 2. The van der Waals surface area contributed by atoms with Gasteiger partial charge in [-0.05, 0) is 52.7 Å². The highest BCUT2D eigenvalue weighted by atomic mass is 16.5. The SMILES string of the molecule is Cc1cccc(C)c1C(=NC(C)C)OC(C)C. The lowest BCUT2D eigenvalue weighted by Crippen LogP contribution is -2.17. The van der Waals surface area contributed by atoms with Gasteiger partial charge in [-0.2, -0.15) is 0 Å². The summed E-state index contributed by atoms with van der Waals surface area (Å²) in [7, 11) is 0. The van der Waals surface area contributed by atoms with Gasteiger partial charge in [-0.25, -0.2) is 4.99 Å². The van der Waals surface area contributed by atoms with Crippen molar-refractivity contribution < 1.29 is 4.74 Å². The van der Waals surface area contributed by atoms with Gasteiger partial charge in [0.15, 0.2) is 0 Å². The van der Waals surface area contributed by atoms with Gasteiger partial charge in [0, 0.05) is 11.6 Å². The summed E-state index contributed by atoms with van der Waals surface area (Å²) in [6.45, 7) is 12.4. The Morgan fingerprint density at radius 1 is 1.06 bits per heavy atom. The van der Waals surface area contributed by atoms with Crippen LogP contribution in [0.15, 0.2) is 23.2 Å². The van der Waals surface area contributed by atoms with Crippen molar-refractivity contribution in [2.45, 2.75) is 53.7 Å². The predicted octanol–water partition coefficient (Wildman–Crippen LogP) is 3.88. The Bertz CT molecular complexity index is 385. The van der Waals surface area contributed by atoms with Crippen LogP contribution < -0.4 is 0 Å². The van der Waals surface area contributed by atoms with Gasteiger partial charge in [-0.15, -0.1) is 0 Å². The van der Waals surface area contributed by atoms with E-state index in [1.807, 2.05) is 13.8 Å². The molecule has 1 aromatic carbocycles. The van der Waals surface area contributed by atoms with E-state index in [0.717, 1.165) is 11.5 Å². The molecule has 0 atom stereocenters. The second kappa shape index (κ2) is 5.85. The molecule has 0 N–H and O–H groups in total. The number of hydrogen-bond donors (Lipinski definition) is 0. The second-order valence-electron chi connectivity index (χ2n) is 4.96. The van der Waals surface area contributed by atoms with Crippen molar-refractivity contribution in [1.29, 1.82) is 0 Å². The van der Waals surface area contributed by atoms with E-state index in [-0.39, 0.29) is 12.1 Å². The van der Waals surface area contributed by atoms with Gasteiger partial charge >= 0.3 is 0 Å². The molecule has 0 aliphatic heterocycles. The van der Waals surface area contributed by atoms with E-state index >= 15 is 0 Å². The Labute approximate surface area is 105 Å². The molecule has 1 rings (SSSR count). The molecule has 2 nitrogen and oxygen atoms in total. The molecule has 94 valence electrons. The lowest BCUT2D eigenvalue weighted by molar-refractivity contribution is 0.227. The maximum absolute atomic E-state index is 5.86. The van der Waals surface area contributed by atoms with Crippen molar-refractivity contribution in [1.82, 2.24) is 0 Å². The maximum Gasteiger partial charge on any atom is 0.217 e. The van der Waals surface area contributed by atoms with Gasteiger partial charge in [-0.3, -0.25) is 0 Å². The third-order valence-corrected chi connectivity index (χ3v) is 2.42. The molecule has 0 amide bonds. The first kappa shape index (κ1) is 13.8. The molecule has 17 heavy (non-hydrogen) atoms. The zero-order chi connectivity index (χ0) is 13.0. The Morgan fingerprint density at radius 3 is 2.00 bits per heavy atom. The lowest BCUT2D eigenvalue weighted by atomic mass is 10.0. The first-order valence-corrected chi connectivity index (χ1v) is 6.23. The van der Waals surface area contributed by atoms with Crippen molar-refractivity contribution in [3.8, 4) is 0 Å². The molecule has 0 saturated carbocycles. The van der Waals surface area contributed by atoms with Crippen LogP contribution in [0, 0.1) is 13.8 Å². The summed E-state index contributed by atoms with van der Waals surface area (Å²) in [4.78, 5) is 4.60. The average Bonchev–Trinajstić information content (AvgIpc) is 2.14. The first-order chi connectivity index (χ1) is 7.91. The highest BCUT2D eigenvalue weighted by molar-refractivity contribution is 5.97. The van der Waals surface area contributed by atoms with Crippen LogP contribution in [-0.2, 0) is 4.74 Å². The Hall–Kier alpha value is -1.31. The molecular weight excluding hydrogens is 210 g/mol. The van der Waals surface area contributed by atoms with Gasteiger partial charge in [0.2, 0.25) is 5.90 Å². The van der Waals surface area contributed by atoms with E-state index in [0.29, 0.717) is 0 Å². The summed E-state index contributed by atoms with van der Waals surface area (Å²) in [5.41, 5.74) is 3.56. The van der Waals surface area contributed by atoms with E-state index in [9.17, 15) is 0 Å². The standard InChI is InChI=1S/C15H23NO/c1-10(2)16-15(17-11(3)4)14-12(5)8-7-9-13(14)6/h7-11H,1-6H3. The van der Waals surface area contributed by atoms with Gasteiger partial charge in [0.05, 0.1) is 6.10 Å². The summed E-state index contributed by atoms with van der Waals surface area (Å²) in [5, 5.41) is 0. The largest absolute Gasteiger partial charge is 0.475 e. The molecule has 0 aliphatic rings. The fourth-order valence-electron chi connectivity index (χ4n) is 1.76. The molecule has 0 aromatic heterocycles. The molecule has 0 saturated heterocycles. The van der Waals surface area contributed by atoms with Crippen LogP contribution in [0.1, 0.15) is 44.4 Å². The molecule has 0 unspecified atom stereocenters. The van der Waals surface area contributed by atoms with Gasteiger partial charge < -0.3 is 4.74 Å². The van der Waals surface area contributed by atoms with Gasteiger partial charge in [-0.1, -0.05) is 18.2 Å². The zero-order valence-electron chi connectivity index (χ0n) is 11.7. The fraction of sp³-hybridized carbons (Fsp3) is 0.533. The number of benzene rings is 1. The number of aliphatic imine (C=N–C) groups is 1. The molecule has 0 aliphatic carbocycles. The molecule has 0 spiro atoms. The molecule has 0 bridgehead atoms. The molecule has 1 aromatic rings. The smallest absolute Gasteiger partial charge is 0.217 e. The predicted molar refractivity (Wildman–Crippen MR) is 73.8 cm³/mol. The summed E-state index contributed by atoms with van der Waals surface area (Å²) in [6, 6.07) is 6.50. The van der Waals surface area contributed by atoms with Crippen molar-refractivity contribution in [2.75, 3.05) is 0 Å². The Balaban J connectivity index is 3.22. The van der Waals surface area contributed by atoms with Crippen molar-refractivity contribution in [3.05, 3.63) is 34.9 Å². The molecule has 2 heteroatoms. The number of ether oxygens (including phenoxy) is 1. The first-order valence-electron chi connectivity index (χ1n) is 6.23. The zero-order valence-corrected chi connectivity index (χ0v) is 11.7. The number of hydrogen-bond acceptors (Lipinski definition) is 2. The van der Waals surface area contributed by atoms with Crippen LogP contribution in [0.2, 0.25) is 0 Å². The van der Waals surface area contributed by atoms with Crippen LogP contribution in [0.5, 0.6) is 0 Å². The quantitative estimate of drug-likeness (QED) is 0.573. The van der Waals surface area contributed by atoms with Gasteiger partial charge in [0.1, 0.15) is 0 Å². The van der Waals surface area contributed by atoms with Crippen LogP contribution in [-0.4, -0.2) is 18.0 Å². The summed E-state index contributed by atoms with van der Waals surface area (Å²) >= 11 is 0. The minimum atomic E-state index is 0.145. The normalized spacial score (nSPS) is 12.4. The monoisotopic (exact) mass is 233 g/mol. The number of nitrogens with zero attached hydrogens (tertiary/aromatic N) is 1. The molecule has 0 fully saturated rings. The third-order valence-electron chi connectivity index (χ3n) is 2.42. The van der Waals surface area contributed by atoms with Crippen molar-refractivity contribution >= 4 is 5.90 Å². The van der Waals surface area contributed by atoms with E-state index in [1.54, 1.807) is 0 Å². The summed E-state index contributed by atoms with van der Waals surface area (Å²) in [6.07, 6.45) is 0.145. The Morgan fingerprint density at radius 2 is 1.59 bits per heavy atom. The van der Waals surface area contributed by atoms with Crippen LogP contribution >= 0.6 is 0 Å². The van der Waals surface area contributed by atoms with Crippen molar-refractivity contribution in [3.63, 3.8) is 0 Å². The molecule has 0 radical (unpaired) electrons. The molecular formula is C15H23NO.